The molecule has 1 N–H and O–H groups in total. The molecule has 6 nitrogen and oxygen atoms in total. The molecule has 0 aromatic rings. The summed E-state index contributed by atoms with van der Waals surface area (Å²) in [5, 5.41) is 27.7. The third kappa shape index (κ3) is 3.19. The van der Waals surface area contributed by atoms with Crippen molar-refractivity contribution in [3.8, 4) is 0 Å². The maximum absolute atomic E-state index is 9.96. The topological polar surface area (TPSA) is 118 Å². The van der Waals surface area contributed by atoms with Crippen molar-refractivity contribution in [2.75, 3.05) is 0 Å². The molecule has 0 spiro atoms. The second-order valence-corrected chi connectivity index (χ2v) is 1.79. The fourth-order valence-corrected chi connectivity index (χ4v) is 0.438. The minimum absolute atomic E-state index is 1.07. The van der Waals surface area contributed by atoms with Crippen molar-refractivity contribution in [2.45, 2.75) is 6.42 Å². The van der Waals surface area contributed by atoms with Gasteiger partial charge in [0.05, 0.1) is 5.97 Å². The van der Waals surface area contributed by atoms with Crippen LogP contribution in [0.2, 0.25) is 0 Å². The monoisotopic (exact) mass is 160 g/mol. The quantitative estimate of drug-likeness (QED) is 0.428. The van der Waals surface area contributed by atoms with Gasteiger partial charge in [0.1, 0.15) is 5.92 Å². The summed E-state index contributed by atoms with van der Waals surface area (Å²) in [7, 11) is 0. The van der Waals surface area contributed by atoms with Crippen LogP contribution in [0.5, 0.6) is 0 Å². The Morgan fingerprint density at radius 1 is 1.27 bits per heavy atom. The Kier molecular flexibility index (Phi) is 3.03. The summed E-state index contributed by atoms with van der Waals surface area (Å²) in [5.41, 5.74) is 0. The molecule has 11 heavy (non-hydrogen) atoms. The van der Waals surface area contributed by atoms with Crippen LogP contribution in [0, 0.1) is 5.92 Å². The van der Waals surface area contributed by atoms with E-state index < -0.39 is 30.2 Å². The molecule has 0 aliphatic carbocycles. The Morgan fingerprint density at radius 2 is 1.73 bits per heavy atom. The number of hydrogen-bond donors (Lipinski definition) is 1. The highest BCUT2D eigenvalue weighted by molar-refractivity contribution is 5.94. The molecule has 0 aromatic carbocycles. The highest BCUT2D eigenvalue weighted by Crippen LogP contribution is 1.99. The molecule has 0 fully saturated rings. The molecule has 1 unspecified atom stereocenters. The average molecular weight is 160 g/mol. The van der Waals surface area contributed by atoms with Gasteiger partial charge in [-0.25, -0.2) is 0 Å². The van der Waals surface area contributed by atoms with Gasteiger partial charge in [0.25, 0.3) is 0 Å². The molecule has 0 saturated heterocycles. The van der Waals surface area contributed by atoms with Crippen LogP contribution in [0.15, 0.2) is 0 Å². The zero-order valence-corrected chi connectivity index (χ0v) is 5.27. The molecule has 0 rings (SSSR count). The van der Waals surface area contributed by atoms with Crippen molar-refractivity contribution in [3.05, 3.63) is 0 Å². The SMILES string of the molecule is O=C([O-])CC(C(=O)[O-])C(=O)O. The fraction of sp³-hybridized carbons (Fsp3) is 0.400. The minimum Gasteiger partial charge on any atom is -0.550 e. The van der Waals surface area contributed by atoms with Gasteiger partial charge in [0.15, 0.2) is 0 Å². The van der Waals surface area contributed by atoms with Crippen LogP contribution in [0.3, 0.4) is 0 Å². The van der Waals surface area contributed by atoms with Crippen LogP contribution in [0.1, 0.15) is 6.42 Å². The second-order valence-electron chi connectivity index (χ2n) is 1.79. The molecular weight excluding hydrogens is 156 g/mol. The largest absolute Gasteiger partial charge is 0.550 e. The molecule has 0 aliphatic rings. The Hall–Kier alpha value is -1.59. The van der Waals surface area contributed by atoms with E-state index in [0.29, 0.717) is 0 Å². The zero-order chi connectivity index (χ0) is 9.02. The smallest absolute Gasteiger partial charge is 0.312 e. The number of carboxylic acid groups (broad SMARTS) is 3. The highest BCUT2D eigenvalue weighted by atomic mass is 16.4. The average Bonchev–Trinajstić information content (AvgIpc) is 1.81. The maximum Gasteiger partial charge on any atom is 0.312 e. The van der Waals surface area contributed by atoms with Gasteiger partial charge < -0.3 is 24.9 Å². The first kappa shape index (κ1) is 9.41. The van der Waals surface area contributed by atoms with Crippen LogP contribution in [0.4, 0.5) is 0 Å². The zero-order valence-electron chi connectivity index (χ0n) is 5.27. The standard InChI is InChI=1S/C5H6O6/c6-3(7)1-2(4(8)9)5(10)11/h2H,1H2,(H,6,7)(H,8,9)(H,10,11)/p-2. The van der Waals surface area contributed by atoms with Crippen molar-refractivity contribution < 1.29 is 29.7 Å². The summed E-state index contributed by atoms with van der Waals surface area (Å²) in [6.45, 7) is 0. The molecule has 0 aliphatic heterocycles. The van der Waals surface area contributed by atoms with Gasteiger partial charge in [0, 0.05) is 12.4 Å². The second kappa shape index (κ2) is 3.55. The molecule has 0 aromatic heterocycles. The van der Waals surface area contributed by atoms with Crippen molar-refractivity contribution in [1.82, 2.24) is 0 Å². The predicted octanol–water partition coefficient (Wildman–Crippen LogP) is -3.42. The lowest BCUT2D eigenvalue weighted by Gasteiger charge is -2.12. The van der Waals surface area contributed by atoms with E-state index in [2.05, 4.69) is 0 Å². The summed E-state index contributed by atoms with van der Waals surface area (Å²) < 4.78 is 0. The van der Waals surface area contributed by atoms with Gasteiger partial charge in [-0.2, -0.15) is 0 Å². The molecular formula is C5H4O6-2. The van der Waals surface area contributed by atoms with Crippen LogP contribution in [-0.2, 0) is 14.4 Å². The first-order valence-electron chi connectivity index (χ1n) is 2.58. The lowest BCUT2D eigenvalue weighted by atomic mass is 10.1. The van der Waals surface area contributed by atoms with Crippen molar-refractivity contribution in [1.29, 1.82) is 0 Å². The summed E-state index contributed by atoms with van der Waals surface area (Å²) in [6, 6.07) is 0. The van der Waals surface area contributed by atoms with E-state index in [1.165, 1.54) is 0 Å². The van der Waals surface area contributed by atoms with Gasteiger partial charge in [-0.1, -0.05) is 0 Å². The van der Waals surface area contributed by atoms with Crippen LogP contribution < -0.4 is 10.2 Å². The first-order valence-corrected chi connectivity index (χ1v) is 2.58. The minimum atomic E-state index is -2.03. The van der Waals surface area contributed by atoms with Gasteiger partial charge in [0.2, 0.25) is 0 Å². The molecule has 6 heteroatoms. The van der Waals surface area contributed by atoms with Crippen LogP contribution in [-0.4, -0.2) is 23.0 Å². The number of aliphatic carboxylic acids is 3. The van der Waals surface area contributed by atoms with Crippen molar-refractivity contribution in [3.63, 3.8) is 0 Å². The van der Waals surface area contributed by atoms with Gasteiger partial charge >= 0.3 is 5.97 Å². The summed E-state index contributed by atoms with van der Waals surface area (Å²) in [6.07, 6.45) is -1.07. The van der Waals surface area contributed by atoms with E-state index in [1.807, 2.05) is 0 Å². The highest BCUT2D eigenvalue weighted by Gasteiger charge is 2.18. The lowest BCUT2D eigenvalue weighted by molar-refractivity contribution is -0.319. The molecule has 0 heterocycles. The Balaban J connectivity index is 4.23. The Morgan fingerprint density at radius 3 is 1.82 bits per heavy atom. The Labute approximate surface area is 61.1 Å². The van der Waals surface area contributed by atoms with Gasteiger partial charge in [-0.3, -0.25) is 4.79 Å². The van der Waals surface area contributed by atoms with Gasteiger partial charge in [-0.15, -0.1) is 0 Å². The van der Waals surface area contributed by atoms with Crippen LogP contribution >= 0.6 is 0 Å². The number of hydrogen-bond acceptors (Lipinski definition) is 5. The first-order chi connectivity index (χ1) is 4.95. The van der Waals surface area contributed by atoms with Crippen molar-refractivity contribution in [2.24, 2.45) is 5.92 Å². The molecule has 0 amide bonds. The Bertz CT molecular complexity index is 181. The van der Waals surface area contributed by atoms with E-state index >= 15 is 0 Å². The van der Waals surface area contributed by atoms with Crippen LogP contribution in [0.25, 0.3) is 0 Å². The lowest BCUT2D eigenvalue weighted by Crippen LogP contribution is -2.40. The molecule has 1 atom stereocenters. The normalized spacial score (nSPS) is 12.0. The number of rotatable bonds is 4. The van der Waals surface area contributed by atoms with E-state index in [1.54, 1.807) is 0 Å². The van der Waals surface area contributed by atoms with E-state index in [9.17, 15) is 24.6 Å². The maximum atomic E-state index is 9.96. The van der Waals surface area contributed by atoms with Gasteiger partial charge in [-0.05, 0) is 0 Å². The van der Waals surface area contributed by atoms with E-state index in [-0.39, 0.29) is 0 Å². The summed E-state index contributed by atoms with van der Waals surface area (Å²) >= 11 is 0. The molecule has 0 bridgehead atoms. The van der Waals surface area contributed by atoms with Crippen molar-refractivity contribution >= 4 is 17.9 Å². The molecule has 0 saturated carbocycles. The number of carbonyl (C=O) groups excluding carboxylic acids is 2. The molecule has 0 radical (unpaired) electrons. The number of carboxylic acids is 3. The third-order valence-electron chi connectivity index (χ3n) is 0.953. The summed E-state index contributed by atoms with van der Waals surface area (Å²) in [4.78, 5) is 29.6. The fourth-order valence-electron chi connectivity index (χ4n) is 0.438. The summed E-state index contributed by atoms with van der Waals surface area (Å²) in [5.74, 6) is -7.43. The number of carbonyl (C=O) groups is 3. The van der Waals surface area contributed by atoms with E-state index in [4.69, 9.17) is 5.11 Å². The molecule has 62 valence electrons. The van der Waals surface area contributed by atoms with E-state index in [0.717, 1.165) is 0 Å². The predicted molar refractivity (Wildman–Crippen MR) is 25.8 cm³/mol. The third-order valence-corrected chi connectivity index (χ3v) is 0.953.